The number of hydrogen-bond acceptors (Lipinski definition) is 2. The SMILES string of the molecule is Cc1cc(C(=C2CCCCC2)c2ccc(O)cc2)ccc1/C(=C/C(=O)O)C(C)(C)C. The number of rotatable bonds is 4. The van der Waals surface area contributed by atoms with E-state index in [4.69, 9.17) is 0 Å². The fraction of sp³-hybridized carbons (Fsp3) is 0.370. The lowest BCUT2D eigenvalue weighted by Gasteiger charge is -2.26. The second-order valence-corrected chi connectivity index (χ2v) is 9.26. The molecule has 158 valence electrons. The largest absolute Gasteiger partial charge is 0.508 e. The smallest absolute Gasteiger partial charge is 0.328 e. The summed E-state index contributed by atoms with van der Waals surface area (Å²) in [5.41, 5.74) is 7.61. The van der Waals surface area contributed by atoms with Gasteiger partial charge < -0.3 is 10.2 Å². The lowest BCUT2D eigenvalue weighted by atomic mass is 9.79. The first-order valence-electron chi connectivity index (χ1n) is 10.7. The molecule has 2 aromatic carbocycles. The minimum Gasteiger partial charge on any atom is -0.508 e. The van der Waals surface area contributed by atoms with Crippen LogP contribution in [0, 0.1) is 12.3 Å². The Balaban J connectivity index is 2.13. The molecule has 2 aromatic rings. The van der Waals surface area contributed by atoms with E-state index in [0.29, 0.717) is 0 Å². The van der Waals surface area contributed by atoms with Crippen LogP contribution in [-0.2, 0) is 4.79 Å². The Morgan fingerprint density at radius 1 is 0.933 bits per heavy atom. The third-order valence-corrected chi connectivity index (χ3v) is 5.85. The van der Waals surface area contributed by atoms with Gasteiger partial charge >= 0.3 is 5.97 Å². The summed E-state index contributed by atoms with van der Waals surface area (Å²) < 4.78 is 0. The van der Waals surface area contributed by atoms with Crippen LogP contribution in [0.15, 0.2) is 54.1 Å². The van der Waals surface area contributed by atoms with Crippen molar-refractivity contribution in [2.75, 3.05) is 0 Å². The number of aromatic hydroxyl groups is 1. The van der Waals surface area contributed by atoms with Crippen molar-refractivity contribution in [1.82, 2.24) is 0 Å². The molecule has 1 fully saturated rings. The maximum atomic E-state index is 11.4. The van der Waals surface area contributed by atoms with Crippen molar-refractivity contribution < 1.29 is 15.0 Å². The average molecular weight is 405 g/mol. The summed E-state index contributed by atoms with van der Waals surface area (Å²) in [6.45, 7) is 8.18. The van der Waals surface area contributed by atoms with Crippen LogP contribution in [0.2, 0.25) is 0 Å². The van der Waals surface area contributed by atoms with Crippen molar-refractivity contribution in [1.29, 1.82) is 0 Å². The van der Waals surface area contributed by atoms with Crippen LogP contribution >= 0.6 is 0 Å². The van der Waals surface area contributed by atoms with Crippen LogP contribution in [0.3, 0.4) is 0 Å². The number of carboxylic acids is 1. The molecule has 1 saturated carbocycles. The summed E-state index contributed by atoms with van der Waals surface area (Å²) in [6.07, 6.45) is 7.24. The predicted octanol–water partition coefficient (Wildman–Crippen LogP) is 6.98. The molecule has 2 N–H and O–H groups in total. The first kappa shape index (κ1) is 21.9. The van der Waals surface area contributed by atoms with E-state index in [0.717, 1.165) is 40.7 Å². The van der Waals surface area contributed by atoms with Gasteiger partial charge in [0.2, 0.25) is 0 Å². The first-order valence-corrected chi connectivity index (χ1v) is 10.7. The zero-order chi connectivity index (χ0) is 21.9. The number of benzene rings is 2. The molecule has 1 aliphatic carbocycles. The highest BCUT2D eigenvalue weighted by Gasteiger charge is 2.22. The Morgan fingerprint density at radius 3 is 2.07 bits per heavy atom. The van der Waals surface area contributed by atoms with Crippen molar-refractivity contribution >= 4 is 17.1 Å². The van der Waals surface area contributed by atoms with Gasteiger partial charge in [0.05, 0.1) is 0 Å². The standard InChI is InChI=1S/C27H32O3/c1-18-16-21(12-15-23(18)24(17-25(29)30)27(2,3)4)26(19-8-6-5-7-9-19)20-10-13-22(28)14-11-20/h10-17,28H,5-9H2,1-4H3,(H,29,30)/b24-17-. The summed E-state index contributed by atoms with van der Waals surface area (Å²) >= 11 is 0. The summed E-state index contributed by atoms with van der Waals surface area (Å²) in [4.78, 5) is 11.4. The highest BCUT2D eigenvalue weighted by molar-refractivity contribution is 5.92. The quantitative estimate of drug-likeness (QED) is 0.540. The molecule has 0 aliphatic heterocycles. The van der Waals surface area contributed by atoms with Gasteiger partial charge in [-0.1, -0.05) is 63.1 Å². The van der Waals surface area contributed by atoms with Gasteiger partial charge in [-0.25, -0.2) is 4.79 Å². The molecule has 0 radical (unpaired) electrons. The second kappa shape index (κ2) is 8.91. The van der Waals surface area contributed by atoms with Crippen molar-refractivity contribution in [3.8, 4) is 5.75 Å². The van der Waals surface area contributed by atoms with Crippen LogP contribution in [0.25, 0.3) is 11.1 Å². The molecule has 3 nitrogen and oxygen atoms in total. The van der Waals surface area contributed by atoms with E-state index in [2.05, 4.69) is 25.1 Å². The zero-order valence-electron chi connectivity index (χ0n) is 18.5. The van der Waals surface area contributed by atoms with Gasteiger partial charge in [-0.3, -0.25) is 0 Å². The van der Waals surface area contributed by atoms with Crippen molar-refractivity contribution in [2.24, 2.45) is 5.41 Å². The van der Waals surface area contributed by atoms with Crippen LogP contribution in [-0.4, -0.2) is 16.2 Å². The van der Waals surface area contributed by atoms with E-state index in [-0.39, 0.29) is 11.2 Å². The second-order valence-electron chi connectivity index (χ2n) is 9.26. The molecule has 30 heavy (non-hydrogen) atoms. The van der Waals surface area contributed by atoms with E-state index < -0.39 is 5.97 Å². The van der Waals surface area contributed by atoms with Crippen molar-refractivity contribution in [3.05, 3.63) is 76.4 Å². The predicted molar refractivity (Wildman–Crippen MR) is 123 cm³/mol. The van der Waals surface area contributed by atoms with Crippen LogP contribution in [0.4, 0.5) is 0 Å². The summed E-state index contributed by atoms with van der Waals surface area (Å²) in [5.74, 6) is -0.649. The molecular weight excluding hydrogens is 372 g/mol. The molecule has 0 amide bonds. The number of carbonyl (C=O) groups is 1. The maximum absolute atomic E-state index is 11.4. The molecule has 1 aliphatic rings. The van der Waals surface area contributed by atoms with E-state index in [1.807, 2.05) is 32.9 Å². The third-order valence-electron chi connectivity index (χ3n) is 5.85. The minimum absolute atomic E-state index is 0.270. The molecule has 0 aromatic heterocycles. The lowest BCUT2D eigenvalue weighted by Crippen LogP contribution is -2.12. The zero-order valence-corrected chi connectivity index (χ0v) is 18.5. The number of carboxylic acid groups (broad SMARTS) is 1. The number of phenols is 1. The van der Waals surface area contributed by atoms with Gasteiger partial charge in [-0.05, 0) is 83.6 Å². The maximum Gasteiger partial charge on any atom is 0.328 e. The fourth-order valence-electron chi connectivity index (χ4n) is 4.37. The van der Waals surface area contributed by atoms with Crippen LogP contribution in [0.1, 0.15) is 75.1 Å². The molecule has 0 unspecified atom stereocenters. The third kappa shape index (κ3) is 5.02. The minimum atomic E-state index is -0.919. The highest BCUT2D eigenvalue weighted by atomic mass is 16.4. The topological polar surface area (TPSA) is 57.5 Å². The van der Waals surface area contributed by atoms with E-state index in [1.54, 1.807) is 12.1 Å². The Labute approximate surface area is 179 Å². The number of aliphatic carboxylic acids is 1. The van der Waals surface area contributed by atoms with E-state index in [1.165, 1.54) is 36.5 Å². The van der Waals surface area contributed by atoms with E-state index >= 15 is 0 Å². The lowest BCUT2D eigenvalue weighted by molar-refractivity contribution is -0.131. The van der Waals surface area contributed by atoms with Crippen LogP contribution in [0.5, 0.6) is 5.75 Å². The molecule has 0 saturated heterocycles. The Bertz CT molecular complexity index is 978. The van der Waals surface area contributed by atoms with Crippen molar-refractivity contribution in [3.63, 3.8) is 0 Å². The normalized spacial score (nSPS) is 15.2. The monoisotopic (exact) mass is 404 g/mol. The number of aryl methyl sites for hydroxylation is 1. The van der Waals surface area contributed by atoms with E-state index in [9.17, 15) is 15.0 Å². The fourth-order valence-corrected chi connectivity index (χ4v) is 4.37. The number of hydrogen-bond donors (Lipinski definition) is 2. The molecule has 0 bridgehead atoms. The average Bonchev–Trinajstić information content (AvgIpc) is 2.68. The molecular formula is C27H32O3. The molecule has 0 heterocycles. The number of allylic oxidation sites excluding steroid dienone is 2. The Morgan fingerprint density at radius 2 is 1.53 bits per heavy atom. The molecule has 0 spiro atoms. The van der Waals surface area contributed by atoms with Crippen LogP contribution < -0.4 is 0 Å². The van der Waals surface area contributed by atoms with Gasteiger partial charge in [0, 0.05) is 6.08 Å². The summed E-state index contributed by atoms with van der Waals surface area (Å²) in [6, 6.07) is 13.8. The van der Waals surface area contributed by atoms with Gasteiger partial charge in [0.1, 0.15) is 5.75 Å². The van der Waals surface area contributed by atoms with Gasteiger partial charge in [-0.2, -0.15) is 0 Å². The summed E-state index contributed by atoms with van der Waals surface area (Å²) in [5, 5.41) is 19.1. The Kier molecular flexibility index (Phi) is 6.50. The highest BCUT2D eigenvalue weighted by Crippen LogP contribution is 2.39. The first-order chi connectivity index (χ1) is 14.2. The van der Waals surface area contributed by atoms with Gasteiger partial charge in [0.25, 0.3) is 0 Å². The molecule has 0 atom stereocenters. The van der Waals surface area contributed by atoms with Gasteiger partial charge in [-0.15, -0.1) is 0 Å². The van der Waals surface area contributed by atoms with Crippen molar-refractivity contribution in [2.45, 2.75) is 59.8 Å². The van der Waals surface area contributed by atoms with Gasteiger partial charge in [0.15, 0.2) is 0 Å². The molecule has 3 rings (SSSR count). The summed E-state index contributed by atoms with van der Waals surface area (Å²) in [7, 11) is 0. The Hall–Kier alpha value is -2.81. The number of phenolic OH excluding ortho intramolecular Hbond substituents is 1. The molecule has 3 heteroatoms.